The number of H-pyrrole nitrogens is 1. The van der Waals surface area contributed by atoms with E-state index in [1.165, 1.54) is 5.56 Å². The van der Waals surface area contributed by atoms with E-state index in [0.29, 0.717) is 6.54 Å². The highest BCUT2D eigenvalue weighted by molar-refractivity contribution is 5.94. The smallest absolute Gasteiger partial charge is 0.261 e. The number of rotatable bonds is 4. The van der Waals surface area contributed by atoms with E-state index in [4.69, 9.17) is 0 Å². The first-order valence-electron chi connectivity index (χ1n) is 10.1. The molecule has 6 heteroatoms. The van der Waals surface area contributed by atoms with Crippen molar-refractivity contribution in [3.05, 3.63) is 69.1 Å². The van der Waals surface area contributed by atoms with Crippen LogP contribution in [0.5, 0.6) is 0 Å². The van der Waals surface area contributed by atoms with Gasteiger partial charge in [0.2, 0.25) is 0 Å². The number of likely N-dealkylation sites (tertiary alicyclic amines) is 1. The summed E-state index contributed by atoms with van der Waals surface area (Å²) in [5, 5.41) is 12.6. The van der Waals surface area contributed by atoms with Crippen LogP contribution in [0.2, 0.25) is 0 Å². The third-order valence-corrected chi connectivity index (χ3v) is 5.84. The minimum Gasteiger partial charge on any atom is -0.393 e. The highest BCUT2D eigenvalue weighted by Gasteiger charge is 2.23. The number of pyridine rings is 1. The number of nitrogens with one attached hydrogen (secondary N) is 2. The zero-order chi connectivity index (χ0) is 19.5. The molecule has 0 spiro atoms. The molecule has 1 saturated heterocycles. The van der Waals surface area contributed by atoms with Gasteiger partial charge in [0.25, 0.3) is 11.5 Å². The van der Waals surface area contributed by atoms with Crippen molar-refractivity contribution in [1.82, 2.24) is 15.2 Å². The van der Waals surface area contributed by atoms with Crippen molar-refractivity contribution in [2.75, 3.05) is 13.1 Å². The Labute approximate surface area is 164 Å². The van der Waals surface area contributed by atoms with Crippen molar-refractivity contribution < 1.29 is 9.90 Å². The summed E-state index contributed by atoms with van der Waals surface area (Å²) in [4.78, 5) is 30.3. The summed E-state index contributed by atoms with van der Waals surface area (Å²) in [6.45, 7) is 2.25. The van der Waals surface area contributed by atoms with E-state index in [0.717, 1.165) is 56.5 Å². The lowest BCUT2D eigenvalue weighted by molar-refractivity contribution is 0.0786. The van der Waals surface area contributed by atoms with Crippen LogP contribution in [0.1, 0.15) is 58.9 Å². The number of carbonyl (C=O) groups is 1. The van der Waals surface area contributed by atoms with Gasteiger partial charge in [-0.2, -0.15) is 0 Å². The Hall–Kier alpha value is -2.44. The van der Waals surface area contributed by atoms with Gasteiger partial charge >= 0.3 is 0 Å². The van der Waals surface area contributed by atoms with Gasteiger partial charge < -0.3 is 15.4 Å². The van der Waals surface area contributed by atoms with E-state index >= 15 is 0 Å². The quantitative estimate of drug-likeness (QED) is 0.757. The Morgan fingerprint density at radius 1 is 1.14 bits per heavy atom. The molecule has 1 aliphatic carbocycles. The van der Waals surface area contributed by atoms with E-state index in [1.807, 2.05) is 18.2 Å². The third kappa shape index (κ3) is 4.18. The number of aromatic amines is 1. The van der Waals surface area contributed by atoms with Gasteiger partial charge in [0.05, 0.1) is 12.1 Å². The van der Waals surface area contributed by atoms with Crippen molar-refractivity contribution in [1.29, 1.82) is 0 Å². The Kier molecular flexibility index (Phi) is 5.59. The van der Waals surface area contributed by atoms with Crippen molar-refractivity contribution in [3.8, 4) is 0 Å². The predicted molar refractivity (Wildman–Crippen MR) is 107 cm³/mol. The van der Waals surface area contributed by atoms with Gasteiger partial charge in [-0.05, 0) is 55.4 Å². The van der Waals surface area contributed by atoms with Gasteiger partial charge in [0, 0.05) is 25.3 Å². The number of aliphatic hydroxyl groups is 1. The highest BCUT2D eigenvalue weighted by atomic mass is 16.3. The number of hydrogen-bond donors (Lipinski definition) is 3. The minimum absolute atomic E-state index is 0.0451. The molecule has 148 valence electrons. The maximum atomic E-state index is 12.7. The van der Waals surface area contributed by atoms with Gasteiger partial charge in [0.15, 0.2) is 0 Å². The SMILES string of the molecule is O=C(NC1CCCc2ccccc21)c1ccc(CN2CCC(O)CC2)[nH]c1=O. The molecule has 1 atom stereocenters. The summed E-state index contributed by atoms with van der Waals surface area (Å²) in [6, 6.07) is 11.6. The number of carbonyl (C=O) groups excluding carboxylic acids is 1. The molecule has 1 fully saturated rings. The molecule has 1 amide bonds. The lowest BCUT2D eigenvalue weighted by Crippen LogP contribution is -2.37. The molecule has 0 saturated carbocycles. The lowest BCUT2D eigenvalue weighted by atomic mass is 9.87. The highest BCUT2D eigenvalue weighted by Crippen LogP contribution is 2.29. The van der Waals surface area contributed by atoms with Crippen LogP contribution in [-0.2, 0) is 13.0 Å². The van der Waals surface area contributed by atoms with E-state index < -0.39 is 0 Å². The lowest BCUT2D eigenvalue weighted by Gasteiger charge is -2.29. The number of aryl methyl sites for hydroxylation is 1. The standard InChI is InChI=1S/C22H27N3O3/c26-17-10-12-25(13-11-17)14-16-8-9-19(21(27)23-16)22(28)24-20-7-3-5-15-4-1-2-6-18(15)20/h1-2,4,6,8-9,17,20,26H,3,5,7,10-14H2,(H,23,27)(H,24,28). The van der Waals surface area contributed by atoms with Crippen molar-refractivity contribution in [3.63, 3.8) is 0 Å². The van der Waals surface area contributed by atoms with E-state index in [-0.39, 0.29) is 29.2 Å². The van der Waals surface area contributed by atoms with Crippen molar-refractivity contribution in [2.45, 2.75) is 50.8 Å². The topological polar surface area (TPSA) is 85.4 Å². The normalized spacial score (nSPS) is 20.5. The number of aromatic nitrogens is 1. The molecule has 2 aromatic rings. The van der Waals surface area contributed by atoms with Crippen LogP contribution in [0.15, 0.2) is 41.2 Å². The molecule has 3 N–H and O–H groups in total. The average Bonchev–Trinajstić information content (AvgIpc) is 2.70. The second-order valence-electron chi connectivity index (χ2n) is 7.85. The Balaban J connectivity index is 1.43. The fourth-order valence-electron chi connectivity index (χ4n) is 4.24. The van der Waals surface area contributed by atoms with E-state index in [1.54, 1.807) is 6.07 Å². The maximum absolute atomic E-state index is 12.7. The molecule has 1 unspecified atom stereocenters. The summed E-state index contributed by atoms with van der Waals surface area (Å²) >= 11 is 0. The predicted octanol–water partition coefficient (Wildman–Crippen LogP) is 2.14. The maximum Gasteiger partial charge on any atom is 0.261 e. The van der Waals surface area contributed by atoms with Crippen LogP contribution in [0.25, 0.3) is 0 Å². The van der Waals surface area contributed by atoms with Gasteiger partial charge in [-0.25, -0.2) is 0 Å². The molecular weight excluding hydrogens is 354 g/mol. The molecule has 0 radical (unpaired) electrons. The Morgan fingerprint density at radius 3 is 2.71 bits per heavy atom. The zero-order valence-electron chi connectivity index (χ0n) is 16.0. The van der Waals surface area contributed by atoms with Crippen LogP contribution in [0.3, 0.4) is 0 Å². The minimum atomic E-state index is -0.351. The molecule has 2 aliphatic rings. The van der Waals surface area contributed by atoms with Crippen molar-refractivity contribution >= 4 is 5.91 Å². The molecule has 1 aromatic heterocycles. The molecule has 2 heterocycles. The first-order valence-corrected chi connectivity index (χ1v) is 10.1. The largest absolute Gasteiger partial charge is 0.393 e. The first-order chi connectivity index (χ1) is 13.6. The molecule has 6 nitrogen and oxygen atoms in total. The summed E-state index contributed by atoms with van der Waals surface area (Å²) in [7, 11) is 0. The van der Waals surface area contributed by atoms with Gasteiger partial charge in [-0.15, -0.1) is 0 Å². The molecular formula is C22H27N3O3. The van der Waals surface area contributed by atoms with E-state index in [9.17, 15) is 14.7 Å². The van der Waals surface area contributed by atoms with Crippen LogP contribution in [-0.4, -0.2) is 40.1 Å². The number of fused-ring (bicyclic) bond motifs is 1. The average molecular weight is 381 g/mol. The summed E-state index contributed by atoms with van der Waals surface area (Å²) in [5.74, 6) is -0.324. The zero-order valence-corrected chi connectivity index (χ0v) is 16.0. The molecule has 1 aliphatic heterocycles. The second-order valence-corrected chi connectivity index (χ2v) is 7.85. The summed E-state index contributed by atoms with van der Waals surface area (Å²) in [5.41, 5.74) is 3.02. The molecule has 1 aromatic carbocycles. The van der Waals surface area contributed by atoms with Crippen LogP contribution in [0, 0.1) is 0 Å². The van der Waals surface area contributed by atoms with Crippen LogP contribution in [0.4, 0.5) is 0 Å². The fraction of sp³-hybridized carbons (Fsp3) is 0.455. The van der Waals surface area contributed by atoms with Crippen LogP contribution >= 0.6 is 0 Å². The number of aliphatic hydroxyl groups excluding tert-OH is 1. The number of piperidine rings is 1. The Morgan fingerprint density at radius 2 is 1.93 bits per heavy atom. The second kappa shape index (κ2) is 8.29. The summed E-state index contributed by atoms with van der Waals surface area (Å²) < 4.78 is 0. The van der Waals surface area contributed by atoms with Gasteiger partial charge in [-0.1, -0.05) is 24.3 Å². The number of amides is 1. The number of nitrogens with zero attached hydrogens (tertiary/aromatic N) is 1. The third-order valence-electron chi connectivity index (χ3n) is 5.84. The molecule has 0 bridgehead atoms. The van der Waals surface area contributed by atoms with E-state index in [2.05, 4.69) is 27.3 Å². The fourth-order valence-corrected chi connectivity index (χ4v) is 4.24. The number of hydrogen-bond acceptors (Lipinski definition) is 4. The first kappa shape index (κ1) is 18.9. The molecule has 4 rings (SSSR count). The summed E-state index contributed by atoms with van der Waals surface area (Å²) in [6.07, 6.45) is 4.25. The Bertz CT molecular complexity index is 900. The van der Waals surface area contributed by atoms with Crippen molar-refractivity contribution in [2.24, 2.45) is 0 Å². The number of benzene rings is 1. The monoisotopic (exact) mass is 381 g/mol. The van der Waals surface area contributed by atoms with Gasteiger partial charge in [0.1, 0.15) is 5.56 Å². The van der Waals surface area contributed by atoms with Crippen LogP contribution < -0.4 is 10.9 Å². The van der Waals surface area contributed by atoms with Gasteiger partial charge in [-0.3, -0.25) is 14.5 Å². The molecule has 28 heavy (non-hydrogen) atoms.